The monoisotopic (exact) mass is 508 g/mol. The minimum absolute atomic E-state index is 0.0778. The minimum Gasteiger partial charge on any atom is -0.378 e. The van der Waals surface area contributed by atoms with Crippen LogP contribution in [0.1, 0.15) is 18.9 Å². The van der Waals surface area contributed by atoms with Crippen molar-refractivity contribution in [2.45, 2.75) is 30.3 Å². The molecule has 1 unspecified atom stereocenters. The summed E-state index contributed by atoms with van der Waals surface area (Å²) in [5.74, 6) is 0.0778. The van der Waals surface area contributed by atoms with Crippen molar-refractivity contribution in [3.05, 3.63) is 64.4 Å². The number of thioether (sulfide) groups is 1. The van der Waals surface area contributed by atoms with Gasteiger partial charge in [0.25, 0.3) is 5.56 Å². The van der Waals surface area contributed by atoms with Crippen molar-refractivity contribution in [2.75, 3.05) is 57.5 Å². The minimum atomic E-state index is -0.318. The number of amides is 1. The van der Waals surface area contributed by atoms with Crippen molar-refractivity contribution in [1.82, 2.24) is 14.5 Å². The molecule has 2 aromatic carbocycles. The third-order valence-electron chi connectivity index (χ3n) is 6.68. The van der Waals surface area contributed by atoms with E-state index < -0.39 is 0 Å². The van der Waals surface area contributed by atoms with E-state index in [1.54, 1.807) is 4.57 Å². The maximum absolute atomic E-state index is 13.9. The number of benzene rings is 2. The fraction of sp³-hybridized carbons (Fsp3) is 0.444. The molecule has 1 amide bonds. The Hall–Kier alpha value is -2.88. The summed E-state index contributed by atoms with van der Waals surface area (Å²) in [7, 11) is 0. The fourth-order valence-corrected chi connectivity index (χ4v) is 5.72. The quantitative estimate of drug-likeness (QED) is 0.359. The molecule has 2 fully saturated rings. The van der Waals surface area contributed by atoms with Gasteiger partial charge in [0.15, 0.2) is 5.16 Å². The van der Waals surface area contributed by atoms with E-state index in [1.807, 2.05) is 60.4 Å². The van der Waals surface area contributed by atoms with Crippen LogP contribution < -0.4 is 10.5 Å². The van der Waals surface area contributed by atoms with Crippen LogP contribution in [0.25, 0.3) is 10.9 Å². The lowest BCUT2D eigenvalue weighted by atomic mass is 10.2. The Bertz CT molecular complexity index is 1250. The van der Waals surface area contributed by atoms with E-state index in [0.29, 0.717) is 68.5 Å². The highest BCUT2D eigenvalue weighted by atomic mass is 32.2. The van der Waals surface area contributed by atoms with Crippen molar-refractivity contribution in [3.8, 4) is 0 Å². The lowest BCUT2D eigenvalue weighted by Gasteiger charge is -2.30. The zero-order valence-electron chi connectivity index (χ0n) is 20.6. The summed E-state index contributed by atoms with van der Waals surface area (Å²) in [6.45, 7) is 7.68. The summed E-state index contributed by atoms with van der Waals surface area (Å²) >= 11 is 1.39. The Morgan fingerprint density at radius 2 is 1.69 bits per heavy atom. The Morgan fingerprint density at radius 1 is 1.00 bits per heavy atom. The van der Waals surface area contributed by atoms with E-state index in [9.17, 15) is 9.59 Å². The van der Waals surface area contributed by atoms with Gasteiger partial charge in [0.05, 0.1) is 49.1 Å². The number of rotatable bonds is 7. The van der Waals surface area contributed by atoms with E-state index in [4.69, 9.17) is 14.5 Å². The largest absolute Gasteiger partial charge is 0.378 e. The molecule has 3 aromatic rings. The molecule has 0 saturated carbocycles. The number of morpholine rings is 2. The first-order valence-corrected chi connectivity index (χ1v) is 13.5. The van der Waals surface area contributed by atoms with Gasteiger partial charge in [-0.05, 0) is 30.2 Å². The van der Waals surface area contributed by atoms with Crippen LogP contribution in [-0.4, -0.2) is 78.2 Å². The zero-order valence-corrected chi connectivity index (χ0v) is 21.4. The molecule has 36 heavy (non-hydrogen) atoms. The Labute approximate surface area is 215 Å². The number of carbonyl (C=O) groups excluding carboxylic acids is 1. The van der Waals surface area contributed by atoms with Crippen molar-refractivity contribution < 1.29 is 14.3 Å². The van der Waals surface area contributed by atoms with E-state index >= 15 is 0 Å². The van der Waals surface area contributed by atoms with Crippen LogP contribution in [0.15, 0.2) is 58.5 Å². The predicted octanol–water partition coefficient (Wildman–Crippen LogP) is 3.01. The van der Waals surface area contributed by atoms with Crippen molar-refractivity contribution in [3.63, 3.8) is 0 Å². The first kappa shape index (κ1) is 24.8. The number of nitrogens with zero attached hydrogens (tertiary/aromatic N) is 4. The summed E-state index contributed by atoms with van der Waals surface area (Å²) in [6, 6.07) is 15.8. The number of aromatic nitrogens is 2. The van der Waals surface area contributed by atoms with Gasteiger partial charge in [-0.1, -0.05) is 49.0 Å². The standard InChI is InChI=1S/C27H32N4O4S/c1-2-24(26(33)30-12-16-35-17-13-30)36-27-28-23-9-8-21(29-10-14-34-15-11-29)18-22(23)25(32)31(27)19-20-6-4-3-5-7-20/h3-9,18,24H,2,10-17,19H2,1H3. The number of hydrogen-bond acceptors (Lipinski definition) is 7. The highest BCUT2D eigenvalue weighted by molar-refractivity contribution is 8.00. The zero-order chi connectivity index (χ0) is 24.9. The first-order chi connectivity index (χ1) is 17.6. The molecular formula is C27H32N4O4S. The van der Waals surface area contributed by atoms with Crippen LogP contribution in [0.5, 0.6) is 0 Å². The molecule has 2 aliphatic rings. The Balaban J connectivity index is 1.53. The molecule has 3 heterocycles. The molecule has 0 spiro atoms. The molecule has 8 nitrogen and oxygen atoms in total. The van der Waals surface area contributed by atoms with Gasteiger partial charge in [-0.15, -0.1) is 0 Å². The normalized spacial score (nSPS) is 17.4. The molecule has 190 valence electrons. The predicted molar refractivity (Wildman–Crippen MR) is 142 cm³/mol. The molecule has 2 aliphatic heterocycles. The summed E-state index contributed by atoms with van der Waals surface area (Å²) in [4.78, 5) is 36.2. The molecule has 1 aromatic heterocycles. The molecule has 0 N–H and O–H groups in total. The van der Waals surface area contributed by atoms with Gasteiger partial charge >= 0.3 is 0 Å². The molecule has 1 atom stereocenters. The van der Waals surface area contributed by atoms with Crippen molar-refractivity contribution in [1.29, 1.82) is 0 Å². The first-order valence-electron chi connectivity index (χ1n) is 12.6. The Morgan fingerprint density at radius 3 is 2.39 bits per heavy atom. The average Bonchev–Trinajstić information content (AvgIpc) is 2.94. The van der Waals surface area contributed by atoms with Gasteiger partial charge in [-0.25, -0.2) is 4.98 Å². The number of carbonyl (C=O) groups is 1. The van der Waals surface area contributed by atoms with Crippen LogP contribution in [0.4, 0.5) is 5.69 Å². The fourth-order valence-electron chi connectivity index (χ4n) is 4.63. The van der Waals surface area contributed by atoms with Gasteiger partial charge < -0.3 is 19.3 Å². The van der Waals surface area contributed by atoms with Gasteiger partial charge in [0.2, 0.25) is 5.91 Å². The van der Waals surface area contributed by atoms with E-state index in [2.05, 4.69) is 4.90 Å². The second kappa shape index (κ2) is 11.5. The van der Waals surface area contributed by atoms with Crippen LogP contribution in [0.2, 0.25) is 0 Å². The van der Waals surface area contributed by atoms with E-state index in [1.165, 1.54) is 11.8 Å². The molecule has 0 aliphatic carbocycles. The maximum atomic E-state index is 13.9. The topological polar surface area (TPSA) is 76.9 Å². The molecule has 5 rings (SSSR count). The highest BCUT2D eigenvalue weighted by Gasteiger charge is 2.27. The number of ether oxygens (including phenoxy) is 2. The molecule has 0 bridgehead atoms. The lowest BCUT2D eigenvalue weighted by molar-refractivity contribution is -0.134. The highest BCUT2D eigenvalue weighted by Crippen LogP contribution is 2.28. The second-order valence-corrected chi connectivity index (χ2v) is 10.2. The van der Waals surface area contributed by atoms with Crippen LogP contribution >= 0.6 is 11.8 Å². The van der Waals surface area contributed by atoms with Crippen LogP contribution in [0, 0.1) is 0 Å². The Kier molecular flexibility index (Phi) is 7.89. The van der Waals surface area contributed by atoms with E-state index in [-0.39, 0.29) is 16.7 Å². The molecule has 0 radical (unpaired) electrons. The van der Waals surface area contributed by atoms with Gasteiger partial charge in [-0.2, -0.15) is 0 Å². The van der Waals surface area contributed by atoms with Crippen molar-refractivity contribution in [2.24, 2.45) is 0 Å². The molecule has 2 saturated heterocycles. The smallest absolute Gasteiger partial charge is 0.262 e. The van der Waals surface area contributed by atoms with Gasteiger partial charge in [0, 0.05) is 31.9 Å². The van der Waals surface area contributed by atoms with Gasteiger partial charge in [-0.3, -0.25) is 14.2 Å². The average molecular weight is 509 g/mol. The number of fused-ring (bicyclic) bond motifs is 1. The molecule has 9 heteroatoms. The number of hydrogen-bond donors (Lipinski definition) is 0. The van der Waals surface area contributed by atoms with E-state index in [0.717, 1.165) is 24.3 Å². The molecular weight excluding hydrogens is 476 g/mol. The third kappa shape index (κ3) is 5.43. The second-order valence-electron chi connectivity index (χ2n) is 9.02. The lowest BCUT2D eigenvalue weighted by Crippen LogP contribution is -2.44. The summed E-state index contributed by atoms with van der Waals surface area (Å²) in [6.07, 6.45) is 0.649. The van der Waals surface area contributed by atoms with Crippen molar-refractivity contribution >= 4 is 34.3 Å². The summed E-state index contributed by atoms with van der Waals surface area (Å²) in [5, 5.41) is 0.845. The summed E-state index contributed by atoms with van der Waals surface area (Å²) < 4.78 is 12.6. The van der Waals surface area contributed by atoms with Crippen LogP contribution in [0.3, 0.4) is 0 Å². The third-order valence-corrected chi connectivity index (χ3v) is 8.02. The summed E-state index contributed by atoms with van der Waals surface area (Å²) in [5.41, 5.74) is 2.58. The maximum Gasteiger partial charge on any atom is 0.262 e. The number of anilines is 1. The van der Waals surface area contributed by atoms with Crippen LogP contribution in [-0.2, 0) is 20.8 Å². The SMILES string of the molecule is CCC(Sc1nc2ccc(N3CCOCC3)cc2c(=O)n1Cc1ccccc1)C(=O)N1CCOCC1. The van der Waals surface area contributed by atoms with Gasteiger partial charge in [0.1, 0.15) is 0 Å².